The van der Waals surface area contributed by atoms with Crippen LogP contribution in [0, 0.1) is 5.92 Å². The van der Waals surface area contributed by atoms with Crippen LogP contribution < -0.4 is 9.96 Å². The van der Waals surface area contributed by atoms with Crippen molar-refractivity contribution in [3.05, 3.63) is 95.0 Å². The first-order valence-electron chi connectivity index (χ1n) is 10.9. The van der Waals surface area contributed by atoms with Crippen LogP contribution in [0.4, 0.5) is 11.4 Å². The fourth-order valence-corrected chi connectivity index (χ4v) is 4.56. The number of ether oxygens (including phenoxy) is 1. The highest BCUT2D eigenvalue weighted by Crippen LogP contribution is 2.47. The summed E-state index contributed by atoms with van der Waals surface area (Å²) in [5.74, 6) is -2.01. The quantitative estimate of drug-likeness (QED) is 0.396. The van der Waals surface area contributed by atoms with Crippen LogP contribution in [0.3, 0.4) is 0 Å². The number of nitrogens with zero attached hydrogens (tertiary/aromatic N) is 2. The largest absolute Gasteiger partial charge is 0.462 e. The first kappa shape index (κ1) is 22.1. The summed E-state index contributed by atoms with van der Waals surface area (Å²) in [7, 11) is 0. The Balaban J connectivity index is 1.49. The van der Waals surface area contributed by atoms with Gasteiger partial charge >= 0.3 is 5.97 Å². The minimum absolute atomic E-state index is 0.259. The Morgan fingerprint density at radius 3 is 2.21 bits per heavy atom. The molecular formula is C26H21ClN2O5. The molecule has 3 aromatic rings. The first-order valence-corrected chi connectivity index (χ1v) is 11.3. The lowest BCUT2D eigenvalue weighted by Crippen LogP contribution is -2.37. The number of rotatable bonds is 5. The van der Waals surface area contributed by atoms with Crippen LogP contribution in [0.25, 0.3) is 0 Å². The van der Waals surface area contributed by atoms with Crippen molar-refractivity contribution in [2.45, 2.75) is 19.1 Å². The van der Waals surface area contributed by atoms with Crippen LogP contribution in [0.2, 0.25) is 5.02 Å². The van der Waals surface area contributed by atoms with Gasteiger partial charge in [0.1, 0.15) is 5.92 Å². The number of esters is 1. The van der Waals surface area contributed by atoms with Crippen molar-refractivity contribution in [3.63, 3.8) is 0 Å². The number of amides is 2. The van der Waals surface area contributed by atoms with Crippen molar-refractivity contribution in [2.24, 2.45) is 5.92 Å². The van der Waals surface area contributed by atoms with E-state index in [4.69, 9.17) is 21.2 Å². The molecule has 172 valence electrons. The van der Waals surface area contributed by atoms with E-state index in [-0.39, 0.29) is 12.5 Å². The standard InChI is InChI=1S/C26H21ClN2O5/c1-2-33-26(32)17-8-12-19(13-9-17)28-24(30)21-22(16-6-4-3-5-7-16)29(34-23(21)25(28)31)20-14-10-18(27)11-15-20/h3-15,21-23H,2H2,1H3/t21-,22-,23+/m1/s1. The zero-order valence-electron chi connectivity index (χ0n) is 18.3. The zero-order valence-corrected chi connectivity index (χ0v) is 19.0. The molecule has 0 aliphatic carbocycles. The SMILES string of the molecule is CCOC(=O)c1ccc(N2C(=O)[C@H]3[C@H](ON(c4ccc(Cl)cc4)[C@@H]3c3ccccc3)C2=O)cc1. The van der Waals surface area contributed by atoms with E-state index in [0.29, 0.717) is 22.0 Å². The van der Waals surface area contributed by atoms with Crippen molar-refractivity contribution in [3.8, 4) is 0 Å². The minimum atomic E-state index is -0.974. The molecule has 2 aliphatic rings. The molecule has 2 aliphatic heterocycles. The minimum Gasteiger partial charge on any atom is -0.462 e. The van der Waals surface area contributed by atoms with E-state index < -0.39 is 29.9 Å². The molecule has 3 aromatic carbocycles. The molecule has 5 rings (SSSR count). The molecule has 2 heterocycles. The molecule has 0 bridgehead atoms. The third kappa shape index (κ3) is 3.73. The second-order valence-electron chi connectivity index (χ2n) is 7.99. The highest BCUT2D eigenvalue weighted by Gasteiger charge is 2.60. The van der Waals surface area contributed by atoms with Gasteiger partial charge in [0.2, 0.25) is 5.91 Å². The molecule has 2 amide bonds. The number of fused-ring (bicyclic) bond motifs is 1. The van der Waals surface area contributed by atoms with Crippen LogP contribution in [-0.4, -0.2) is 30.5 Å². The van der Waals surface area contributed by atoms with Gasteiger partial charge in [-0.25, -0.2) is 14.8 Å². The van der Waals surface area contributed by atoms with Crippen molar-refractivity contribution >= 4 is 40.8 Å². The lowest BCUT2D eigenvalue weighted by molar-refractivity contribution is -0.126. The lowest BCUT2D eigenvalue weighted by atomic mass is 9.90. The van der Waals surface area contributed by atoms with Crippen molar-refractivity contribution in [1.82, 2.24) is 0 Å². The highest BCUT2D eigenvalue weighted by molar-refractivity contribution is 6.30. The molecule has 0 saturated carbocycles. The fourth-order valence-electron chi connectivity index (χ4n) is 4.43. The Labute approximate surface area is 201 Å². The van der Waals surface area contributed by atoms with Gasteiger partial charge in [-0.05, 0) is 61.0 Å². The number of hydrogen-bond donors (Lipinski definition) is 0. The van der Waals surface area contributed by atoms with E-state index in [1.807, 2.05) is 30.3 Å². The van der Waals surface area contributed by atoms with E-state index in [1.165, 1.54) is 12.1 Å². The summed E-state index contributed by atoms with van der Waals surface area (Å²) in [6.07, 6.45) is -0.974. The Morgan fingerprint density at radius 1 is 0.912 bits per heavy atom. The van der Waals surface area contributed by atoms with E-state index in [9.17, 15) is 14.4 Å². The van der Waals surface area contributed by atoms with E-state index >= 15 is 0 Å². The molecule has 7 nitrogen and oxygen atoms in total. The molecule has 8 heteroatoms. The molecule has 2 saturated heterocycles. The van der Waals surface area contributed by atoms with E-state index in [0.717, 1.165) is 10.5 Å². The fraction of sp³-hybridized carbons (Fsp3) is 0.192. The molecule has 0 N–H and O–H groups in total. The van der Waals surface area contributed by atoms with Gasteiger partial charge in [0.05, 0.1) is 29.6 Å². The summed E-state index contributed by atoms with van der Waals surface area (Å²) < 4.78 is 5.00. The topological polar surface area (TPSA) is 76.2 Å². The first-order chi connectivity index (χ1) is 16.5. The predicted molar refractivity (Wildman–Crippen MR) is 126 cm³/mol. The second kappa shape index (κ2) is 8.93. The average molecular weight is 477 g/mol. The summed E-state index contributed by atoms with van der Waals surface area (Å²) in [4.78, 5) is 46.2. The van der Waals surface area contributed by atoms with Crippen LogP contribution in [0.1, 0.15) is 28.9 Å². The van der Waals surface area contributed by atoms with Gasteiger partial charge in [0.25, 0.3) is 5.91 Å². The monoisotopic (exact) mass is 476 g/mol. The maximum atomic E-state index is 13.6. The number of carbonyl (C=O) groups is 3. The predicted octanol–water partition coefficient (Wildman–Crippen LogP) is 4.57. The van der Waals surface area contributed by atoms with Gasteiger partial charge in [-0.15, -0.1) is 0 Å². The number of halogens is 1. The Hall–Kier alpha value is -3.68. The van der Waals surface area contributed by atoms with E-state index in [1.54, 1.807) is 48.4 Å². The number of benzene rings is 3. The van der Waals surface area contributed by atoms with Crippen LogP contribution in [0.5, 0.6) is 0 Å². The smallest absolute Gasteiger partial charge is 0.338 e. The van der Waals surface area contributed by atoms with E-state index in [2.05, 4.69) is 0 Å². The van der Waals surface area contributed by atoms with Gasteiger partial charge in [-0.2, -0.15) is 0 Å². The van der Waals surface area contributed by atoms with Gasteiger partial charge in [0.15, 0.2) is 6.10 Å². The Bertz CT molecular complexity index is 1230. The molecule has 0 radical (unpaired) electrons. The summed E-state index contributed by atoms with van der Waals surface area (Å²) in [5.41, 5.74) is 2.27. The second-order valence-corrected chi connectivity index (χ2v) is 8.43. The number of hydroxylamine groups is 1. The van der Waals surface area contributed by atoms with Crippen LogP contribution in [0.15, 0.2) is 78.9 Å². The van der Waals surface area contributed by atoms with Crippen molar-refractivity contribution in [1.29, 1.82) is 0 Å². The van der Waals surface area contributed by atoms with Crippen LogP contribution in [-0.2, 0) is 19.2 Å². The van der Waals surface area contributed by atoms with Gasteiger partial charge in [-0.1, -0.05) is 41.9 Å². The van der Waals surface area contributed by atoms with Crippen LogP contribution >= 0.6 is 11.6 Å². The summed E-state index contributed by atoms with van der Waals surface area (Å²) in [5, 5.41) is 2.20. The third-order valence-corrected chi connectivity index (χ3v) is 6.23. The zero-order chi connectivity index (χ0) is 23.8. The number of imide groups is 1. The number of carbonyl (C=O) groups excluding carboxylic acids is 3. The number of hydrogen-bond acceptors (Lipinski definition) is 6. The molecule has 34 heavy (non-hydrogen) atoms. The van der Waals surface area contributed by atoms with Gasteiger partial charge < -0.3 is 4.74 Å². The lowest BCUT2D eigenvalue weighted by Gasteiger charge is -2.28. The average Bonchev–Trinajstić information content (AvgIpc) is 3.36. The normalized spacial score (nSPS) is 21.6. The maximum absolute atomic E-state index is 13.6. The molecule has 2 fully saturated rings. The van der Waals surface area contributed by atoms with Gasteiger partial charge in [-0.3, -0.25) is 14.4 Å². The summed E-state index contributed by atoms with van der Waals surface area (Å²) in [6.45, 7) is 1.98. The maximum Gasteiger partial charge on any atom is 0.338 e. The summed E-state index contributed by atoms with van der Waals surface area (Å²) in [6, 6.07) is 22.2. The Kier molecular flexibility index (Phi) is 5.81. The van der Waals surface area contributed by atoms with Crippen molar-refractivity contribution in [2.75, 3.05) is 16.6 Å². The number of anilines is 2. The molecule has 3 atom stereocenters. The Morgan fingerprint density at radius 2 is 1.56 bits per heavy atom. The van der Waals surface area contributed by atoms with Crippen molar-refractivity contribution < 1.29 is 24.0 Å². The summed E-state index contributed by atoms with van der Waals surface area (Å²) >= 11 is 6.05. The van der Waals surface area contributed by atoms with Gasteiger partial charge in [0, 0.05) is 5.02 Å². The molecule has 0 aromatic heterocycles. The highest BCUT2D eigenvalue weighted by atomic mass is 35.5. The third-order valence-electron chi connectivity index (χ3n) is 5.97. The molecule has 0 unspecified atom stereocenters. The molecular weight excluding hydrogens is 456 g/mol. The molecule has 0 spiro atoms.